The molecule has 0 spiro atoms. The van der Waals surface area contributed by atoms with Gasteiger partial charge in [-0.05, 0) is 49.2 Å². The fourth-order valence-corrected chi connectivity index (χ4v) is 3.38. The molecular formula is C24H24Cl2N2O2. The molecule has 156 valence electrons. The fourth-order valence-electron chi connectivity index (χ4n) is 2.89. The molecule has 0 aliphatic carbocycles. The number of amides is 1. The first kappa shape index (κ1) is 22.0. The molecule has 0 heterocycles. The van der Waals surface area contributed by atoms with E-state index in [0.29, 0.717) is 21.4 Å². The van der Waals surface area contributed by atoms with Crippen molar-refractivity contribution in [2.75, 3.05) is 10.6 Å². The van der Waals surface area contributed by atoms with Crippen LogP contribution in [0.3, 0.4) is 0 Å². The molecule has 0 radical (unpaired) electrons. The van der Waals surface area contributed by atoms with Gasteiger partial charge in [-0.25, -0.2) is 0 Å². The standard InChI is InChI=1S/C24H24Cl2N2O2/c1-3-16(2)30-19-10-6-9-18(15-19)27-23(29)14-17-8-4-5-13-22(17)28-24-20(25)11-7-12-21(24)26/h4-13,15-16,28H,3,14H2,1-2H3,(H,27,29). The molecule has 1 unspecified atom stereocenters. The van der Waals surface area contributed by atoms with E-state index in [1.807, 2.05) is 55.5 Å². The van der Waals surface area contributed by atoms with Gasteiger partial charge in [0.05, 0.1) is 28.3 Å². The van der Waals surface area contributed by atoms with Gasteiger partial charge in [0.2, 0.25) is 5.91 Å². The molecule has 4 nitrogen and oxygen atoms in total. The van der Waals surface area contributed by atoms with Crippen molar-refractivity contribution in [3.05, 3.63) is 82.3 Å². The van der Waals surface area contributed by atoms with Crippen LogP contribution in [0.15, 0.2) is 66.7 Å². The first-order valence-corrected chi connectivity index (χ1v) is 10.6. The highest BCUT2D eigenvalue weighted by Crippen LogP contribution is 2.33. The van der Waals surface area contributed by atoms with Crippen molar-refractivity contribution in [1.29, 1.82) is 0 Å². The zero-order chi connectivity index (χ0) is 21.5. The first-order chi connectivity index (χ1) is 14.5. The SMILES string of the molecule is CCC(C)Oc1cccc(NC(=O)Cc2ccccc2Nc2c(Cl)cccc2Cl)c1. The van der Waals surface area contributed by atoms with Gasteiger partial charge in [-0.3, -0.25) is 4.79 Å². The highest BCUT2D eigenvalue weighted by molar-refractivity contribution is 6.39. The molecule has 1 atom stereocenters. The first-order valence-electron chi connectivity index (χ1n) is 9.81. The quantitative estimate of drug-likeness (QED) is 0.391. The highest BCUT2D eigenvalue weighted by atomic mass is 35.5. The second kappa shape index (κ2) is 10.4. The lowest BCUT2D eigenvalue weighted by Gasteiger charge is -2.15. The fraction of sp³-hybridized carbons (Fsp3) is 0.208. The average molecular weight is 443 g/mol. The summed E-state index contributed by atoms with van der Waals surface area (Å²) in [5.74, 6) is 0.604. The molecule has 0 aliphatic rings. The van der Waals surface area contributed by atoms with Gasteiger partial charge in [0, 0.05) is 17.4 Å². The molecule has 3 rings (SSSR count). The van der Waals surface area contributed by atoms with Crippen molar-refractivity contribution in [3.8, 4) is 5.75 Å². The van der Waals surface area contributed by atoms with E-state index in [0.717, 1.165) is 23.4 Å². The van der Waals surface area contributed by atoms with Crippen molar-refractivity contribution in [1.82, 2.24) is 0 Å². The Balaban J connectivity index is 1.71. The summed E-state index contributed by atoms with van der Waals surface area (Å²) in [5.41, 5.74) is 2.92. The van der Waals surface area contributed by atoms with Crippen LogP contribution in [0, 0.1) is 0 Å². The number of benzene rings is 3. The van der Waals surface area contributed by atoms with Gasteiger partial charge in [0.15, 0.2) is 0 Å². The largest absolute Gasteiger partial charge is 0.491 e. The molecule has 0 aliphatic heterocycles. The minimum absolute atomic E-state index is 0.116. The zero-order valence-electron chi connectivity index (χ0n) is 16.9. The molecule has 2 N–H and O–H groups in total. The van der Waals surface area contributed by atoms with Crippen LogP contribution in [-0.2, 0) is 11.2 Å². The molecule has 0 aromatic heterocycles. The topological polar surface area (TPSA) is 50.4 Å². The number of hydrogen-bond donors (Lipinski definition) is 2. The summed E-state index contributed by atoms with van der Waals surface area (Å²) in [6, 6.07) is 20.3. The van der Waals surface area contributed by atoms with E-state index in [1.165, 1.54) is 0 Å². The molecule has 3 aromatic carbocycles. The lowest BCUT2D eigenvalue weighted by atomic mass is 10.1. The Morgan fingerprint density at radius 1 is 1.00 bits per heavy atom. The number of rotatable bonds is 8. The third-order valence-corrected chi connectivity index (χ3v) is 5.25. The summed E-state index contributed by atoms with van der Waals surface area (Å²) in [5, 5.41) is 7.22. The summed E-state index contributed by atoms with van der Waals surface area (Å²) in [4.78, 5) is 12.7. The van der Waals surface area contributed by atoms with E-state index in [2.05, 4.69) is 17.6 Å². The van der Waals surface area contributed by atoms with Crippen LogP contribution in [0.5, 0.6) is 5.75 Å². The van der Waals surface area contributed by atoms with Crippen LogP contribution in [0.25, 0.3) is 0 Å². The Hall–Kier alpha value is -2.69. The lowest BCUT2D eigenvalue weighted by Crippen LogP contribution is -2.15. The predicted octanol–water partition coefficient (Wildman–Crippen LogP) is 7.10. The molecule has 1 amide bonds. The van der Waals surface area contributed by atoms with Crippen LogP contribution in [0.2, 0.25) is 10.0 Å². The zero-order valence-corrected chi connectivity index (χ0v) is 18.4. The molecule has 3 aromatic rings. The van der Waals surface area contributed by atoms with Crippen LogP contribution in [0.1, 0.15) is 25.8 Å². The summed E-state index contributed by atoms with van der Waals surface area (Å²) in [6.07, 6.45) is 1.22. The van der Waals surface area contributed by atoms with Gasteiger partial charge >= 0.3 is 0 Å². The molecule has 0 saturated carbocycles. The highest BCUT2D eigenvalue weighted by Gasteiger charge is 2.12. The molecule has 0 fully saturated rings. The monoisotopic (exact) mass is 442 g/mol. The third-order valence-electron chi connectivity index (χ3n) is 4.62. The van der Waals surface area contributed by atoms with E-state index in [1.54, 1.807) is 18.2 Å². The van der Waals surface area contributed by atoms with Gasteiger partial charge in [0.1, 0.15) is 5.75 Å². The third kappa shape index (κ3) is 5.91. The lowest BCUT2D eigenvalue weighted by molar-refractivity contribution is -0.115. The minimum atomic E-state index is -0.129. The van der Waals surface area contributed by atoms with E-state index in [-0.39, 0.29) is 18.4 Å². The van der Waals surface area contributed by atoms with E-state index < -0.39 is 0 Å². The number of carbonyl (C=O) groups is 1. The van der Waals surface area contributed by atoms with Crippen molar-refractivity contribution in [2.45, 2.75) is 32.8 Å². The molecular weight excluding hydrogens is 419 g/mol. The normalized spacial score (nSPS) is 11.6. The molecule has 6 heteroatoms. The van der Waals surface area contributed by atoms with E-state index in [9.17, 15) is 4.79 Å². The number of nitrogens with one attached hydrogen (secondary N) is 2. The minimum Gasteiger partial charge on any atom is -0.491 e. The summed E-state index contributed by atoms with van der Waals surface area (Å²) < 4.78 is 5.83. The van der Waals surface area contributed by atoms with Crippen molar-refractivity contribution in [3.63, 3.8) is 0 Å². The maximum atomic E-state index is 12.7. The summed E-state index contributed by atoms with van der Waals surface area (Å²) >= 11 is 12.5. The number of para-hydroxylation sites is 2. The average Bonchev–Trinajstić information content (AvgIpc) is 2.72. The molecule has 30 heavy (non-hydrogen) atoms. The predicted molar refractivity (Wildman–Crippen MR) is 125 cm³/mol. The van der Waals surface area contributed by atoms with Gasteiger partial charge in [-0.2, -0.15) is 0 Å². The van der Waals surface area contributed by atoms with Gasteiger partial charge in [0.25, 0.3) is 0 Å². The number of hydrogen-bond acceptors (Lipinski definition) is 3. The summed E-state index contributed by atoms with van der Waals surface area (Å²) in [6.45, 7) is 4.08. The maximum absolute atomic E-state index is 12.7. The van der Waals surface area contributed by atoms with Crippen molar-refractivity contribution < 1.29 is 9.53 Å². The Labute approximate surface area is 187 Å². The molecule has 0 bridgehead atoms. The van der Waals surface area contributed by atoms with Crippen molar-refractivity contribution >= 4 is 46.2 Å². The number of halogens is 2. The second-order valence-electron chi connectivity index (χ2n) is 6.97. The Kier molecular flexibility index (Phi) is 7.61. The van der Waals surface area contributed by atoms with Gasteiger partial charge < -0.3 is 15.4 Å². The Morgan fingerprint density at radius 2 is 1.70 bits per heavy atom. The van der Waals surface area contributed by atoms with Crippen molar-refractivity contribution in [2.24, 2.45) is 0 Å². The number of carbonyl (C=O) groups excluding carboxylic acids is 1. The van der Waals surface area contributed by atoms with Gasteiger partial charge in [-0.1, -0.05) is 60.5 Å². The van der Waals surface area contributed by atoms with Crippen LogP contribution >= 0.6 is 23.2 Å². The second-order valence-corrected chi connectivity index (χ2v) is 7.78. The summed E-state index contributed by atoms with van der Waals surface area (Å²) in [7, 11) is 0. The van der Waals surface area contributed by atoms with Crippen LogP contribution in [-0.4, -0.2) is 12.0 Å². The molecule has 0 saturated heterocycles. The Bertz CT molecular complexity index is 1000. The van der Waals surface area contributed by atoms with Crippen LogP contribution in [0.4, 0.5) is 17.1 Å². The van der Waals surface area contributed by atoms with Crippen LogP contribution < -0.4 is 15.4 Å². The van der Waals surface area contributed by atoms with E-state index >= 15 is 0 Å². The van der Waals surface area contributed by atoms with Gasteiger partial charge in [-0.15, -0.1) is 0 Å². The smallest absolute Gasteiger partial charge is 0.228 e. The number of anilines is 3. The Morgan fingerprint density at radius 3 is 2.43 bits per heavy atom. The number of ether oxygens (including phenoxy) is 1. The van der Waals surface area contributed by atoms with E-state index in [4.69, 9.17) is 27.9 Å². The maximum Gasteiger partial charge on any atom is 0.228 e.